The highest BCUT2D eigenvalue weighted by atomic mass is 16.5. The van der Waals surface area contributed by atoms with Crippen molar-refractivity contribution in [3.05, 3.63) is 75.1 Å². The second-order valence-corrected chi connectivity index (χ2v) is 8.94. The molecular weight excluding hydrogens is 400 g/mol. The second-order valence-electron chi connectivity index (χ2n) is 8.94. The molecule has 5 heteroatoms. The van der Waals surface area contributed by atoms with Gasteiger partial charge in [0.25, 0.3) is 5.56 Å². The van der Waals surface area contributed by atoms with Gasteiger partial charge >= 0.3 is 0 Å². The SMILES string of the molecule is COc1ccccc1CN(Cc1cc2ccc(C)c(C)c2[nH]c1=O)C(=O)C1CCCCC1. The highest BCUT2D eigenvalue weighted by Gasteiger charge is 2.27. The van der Waals surface area contributed by atoms with Crippen LogP contribution in [0.25, 0.3) is 10.9 Å². The summed E-state index contributed by atoms with van der Waals surface area (Å²) < 4.78 is 5.52. The second kappa shape index (κ2) is 9.60. The van der Waals surface area contributed by atoms with Crippen molar-refractivity contribution in [1.29, 1.82) is 0 Å². The van der Waals surface area contributed by atoms with Crippen LogP contribution in [0.4, 0.5) is 0 Å². The van der Waals surface area contributed by atoms with Gasteiger partial charge in [-0.15, -0.1) is 0 Å². The van der Waals surface area contributed by atoms with Crippen molar-refractivity contribution >= 4 is 16.8 Å². The van der Waals surface area contributed by atoms with Crippen LogP contribution in [0, 0.1) is 19.8 Å². The standard InChI is InChI=1S/C27H32N2O3/c1-18-13-14-21-15-23(26(30)28-25(21)19(18)2)17-29(27(31)20-9-5-4-6-10-20)16-22-11-7-8-12-24(22)32-3/h7-8,11-15,20H,4-6,9-10,16-17H2,1-3H3,(H,28,30). The summed E-state index contributed by atoms with van der Waals surface area (Å²) in [6.07, 6.45) is 5.23. The summed E-state index contributed by atoms with van der Waals surface area (Å²) in [5, 5.41) is 0.991. The summed E-state index contributed by atoms with van der Waals surface area (Å²) in [7, 11) is 1.64. The molecule has 3 aromatic rings. The van der Waals surface area contributed by atoms with Gasteiger partial charge in [0.05, 0.1) is 19.2 Å². The fourth-order valence-electron chi connectivity index (χ4n) is 4.75. The van der Waals surface area contributed by atoms with Gasteiger partial charge in [-0.05, 0) is 55.3 Å². The molecule has 0 radical (unpaired) electrons. The minimum atomic E-state index is -0.132. The number of rotatable bonds is 6. The number of carbonyl (C=O) groups is 1. The smallest absolute Gasteiger partial charge is 0.253 e. The maximum atomic E-state index is 13.6. The summed E-state index contributed by atoms with van der Waals surface area (Å²) in [4.78, 5) is 31.4. The molecule has 1 heterocycles. The Balaban J connectivity index is 1.69. The van der Waals surface area contributed by atoms with Crippen molar-refractivity contribution in [2.24, 2.45) is 5.92 Å². The van der Waals surface area contributed by atoms with Crippen molar-refractivity contribution < 1.29 is 9.53 Å². The Morgan fingerprint density at radius 2 is 1.75 bits per heavy atom. The number of methoxy groups -OCH3 is 1. The number of aromatic amines is 1. The van der Waals surface area contributed by atoms with E-state index in [0.29, 0.717) is 12.1 Å². The van der Waals surface area contributed by atoms with Gasteiger partial charge in [-0.2, -0.15) is 0 Å². The quantitative estimate of drug-likeness (QED) is 0.578. The number of pyridine rings is 1. The molecule has 0 spiro atoms. The van der Waals surface area contributed by atoms with E-state index < -0.39 is 0 Å². The molecule has 0 unspecified atom stereocenters. The molecule has 168 valence electrons. The lowest BCUT2D eigenvalue weighted by Crippen LogP contribution is -2.37. The van der Waals surface area contributed by atoms with Gasteiger partial charge < -0.3 is 14.6 Å². The molecule has 32 heavy (non-hydrogen) atoms. The molecule has 0 atom stereocenters. The number of carbonyl (C=O) groups excluding carboxylic acids is 1. The van der Waals surface area contributed by atoms with E-state index in [4.69, 9.17) is 4.74 Å². The van der Waals surface area contributed by atoms with Crippen LogP contribution < -0.4 is 10.3 Å². The number of aromatic nitrogens is 1. The van der Waals surface area contributed by atoms with Crippen LogP contribution >= 0.6 is 0 Å². The van der Waals surface area contributed by atoms with Crippen molar-refractivity contribution in [3.8, 4) is 5.75 Å². The van der Waals surface area contributed by atoms with E-state index in [0.717, 1.165) is 59.0 Å². The predicted octanol–water partition coefficient (Wildman–Crippen LogP) is 5.26. The molecule has 1 amide bonds. The van der Waals surface area contributed by atoms with Gasteiger partial charge in [-0.1, -0.05) is 49.6 Å². The Morgan fingerprint density at radius 3 is 2.50 bits per heavy atom. The largest absolute Gasteiger partial charge is 0.496 e. The van der Waals surface area contributed by atoms with Crippen LogP contribution in [0.1, 0.15) is 54.4 Å². The summed E-state index contributed by atoms with van der Waals surface area (Å²) >= 11 is 0. The number of para-hydroxylation sites is 1. The highest BCUT2D eigenvalue weighted by molar-refractivity contribution is 5.83. The summed E-state index contributed by atoms with van der Waals surface area (Å²) in [6.45, 7) is 4.77. The zero-order valence-electron chi connectivity index (χ0n) is 19.2. The number of hydrogen-bond donors (Lipinski definition) is 1. The predicted molar refractivity (Wildman–Crippen MR) is 128 cm³/mol. The fourth-order valence-corrected chi connectivity index (χ4v) is 4.75. The molecule has 1 aliphatic carbocycles. The minimum absolute atomic E-state index is 0.0305. The number of hydrogen-bond acceptors (Lipinski definition) is 3. The van der Waals surface area contributed by atoms with Gasteiger partial charge in [-0.3, -0.25) is 9.59 Å². The highest BCUT2D eigenvalue weighted by Crippen LogP contribution is 2.28. The van der Waals surface area contributed by atoms with Crippen LogP contribution in [0.3, 0.4) is 0 Å². The van der Waals surface area contributed by atoms with Crippen molar-refractivity contribution in [2.45, 2.75) is 59.0 Å². The molecule has 1 fully saturated rings. The average Bonchev–Trinajstić information content (AvgIpc) is 2.82. The number of nitrogens with zero attached hydrogens (tertiary/aromatic N) is 1. The van der Waals surface area contributed by atoms with Crippen molar-refractivity contribution in [3.63, 3.8) is 0 Å². The molecule has 2 aromatic carbocycles. The Hall–Kier alpha value is -3.08. The lowest BCUT2D eigenvalue weighted by atomic mass is 9.88. The van der Waals surface area contributed by atoms with E-state index >= 15 is 0 Å². The van der Waals surface area contributed by atoms with Crippen molar-refractivity contribution in [2.75, 3.05) is 7.11 Å². The van der Waals surface area contributed by atoms with E-state index in [1.165, 1.54) is 6.42 Å². The lowest BCUT2D eigenvalue weighted by molar-refractivity contribution is -0.137. The maximum absolute atomic E-state index is 13.6. The Morgan fingerprint density at radius 1 is 1.03 bits per heavy atom. The molecule has 0 bridgehead atoms. The first-order valence-electron chi connectivity index (χ1n) is 11.5. The zero-order chi connectivity index (χ0) is 22.7. The molecule has 1 aliphatic rings. The molecule has 4 rings (SSSR count). The van der Waals surface area contributed by atoms with Crippen LogP contribution in [0.15, 0.2) is 47.3 Å². The monoisotopic (exact) mass is 432 g/mol. The summed E-state index contributed by atoms with van der Waals surface area (Å²) in [6, 6.07) is 13.8. The number of fused-ring (bicyclic) bond motifs is 1. The van der Waals surface area contributed by atoms with Gasteiger partial charge in [0.1, 0.15) is 5.75 Å². The molecule has 1 aromatic heterocycles. The van der Waals surface area contributed by atoms with E-state index in [9.17, 15) is 9.59 Å². The average molecular weight is 433 g/mol. The molecule has 0 saturated heterocycles. The Labute approximate surface area is 189 Å². The Bertz CT molecular complexity index is 1180. The molecule has 1 saturated carbocycles. The first-order valence-corrected chi connectivity index (χ1v) is 11.5. The number of H-pyrrole nitrogens is 1. The van der Waals surface area contributed by atoms with Crippen LogP contribution in [-0.2, 0) is 17.9 Å². The van der Waals surface area contributed by atoms with Crippen LogP contribution in [0.5, 0.6) is 5.75 Å². The molecule has 1 N–H and O–H groups in total. The van der Waals surface area contributed by atoms with E-state index in [1.807, 2.05) is 55.1 Å². The number of benzene rings is 2. The summed E-state index contributed by atoms with van der Waals surface area (Å²) in [5.41, 5.74) is 4.52. The van der Waals surface area contributed by atoms with Crippen molar-refractivity contribution in [1.82, 2.24) is 9.88 Å². The van der Waals surface area contributed by atoms with E-state index in [-0.39, 0.29) is 23.9 Å². The normalized spacial score (nSPS) is 14.5. The lowest BCUT2D eigenvalue weighted by Gasteiger charge is -2.30. The molecular formula is C27H32N2O3. The first kappa shape index (κ1) is 22.1. The Kier molecular flexibility index (Phi) is 6.63. The molecule has 5 nitrogen and oxygen atoms in total. The van der Waals surface area contributed by atoms with Gasteiger partial charge in [0, 0.05) is 23.6 Å². The number of ether oxygens (including phenoxy) is 1. The number of nitrogens with one attached hydrogen (secondary N) is 1. The first-order chi connectivity index (χ1) is 15.5. The molecule has 0 aliphatic heterocycles. The topological polar surface area (TPSA) is 62.4 Å². The van der Waals surface area contributed by atoms with E-state index in [2.05, 4.69) is 11.1 Å². The minimum Gasteiger partial charge on any atom is -0.496 e. The third-order valence-corrected chi connectivity index (χ3v) is 6.81. The fraction of sp³-hybridized carbons (Fsp3) is 0.407. The zero-order valence-corrected chi connectivity index (χ0v) is 19.2. The van der Waals surface area contributed by atoms with Gasteiger partial charge in [0.2, 0.25) is 5.91 Å². The summed E-state index contributed by atoms with van der Waals surface area (Å²) in [5.74, 6) is 0.922. The van der Waals surface area contributed by atoms with Crippen LogP contribution in [-0.4, -0.2) is 22.9 Å². The third-order valence-electron chi connectivity index (χ3n) is 6.81. The van der Waals surface area contributed by atoms with Crippen LogP contribution in [0.2, 0.25) is 0 Å². The maximum Gasteiger partial charge on any atom is 0.253 e. The van der Waals surface area contributed by atoms with E-state index in [1.54, 1.807) is 7.11 Å². The van der Waals surface area contributed by atoms with Gasteiger partial charge in [-0.25, -0.2) is 0 Å². The number of aryl methyl sites for hydroxylation is 2. The third kappa shape index (κ3) is 4.57. The number of amides is 1. The van der Waals surface area contributed by atoms with Gasteiger partial charge in [0.15, 0.2) is 0 Å².